The number of aryl methyl sites for hydroxylation is 1. The highest BCUT2D eigenvalue weighted by molar-refractivity contribution is 5.61. The van der Waals surface area contributed by atoms with E-state index in [9.17, 15) is 13.2 Å². The number of nitrogens with one attached hydrogen (secondary N) is 1. The number of benzene rings is 1. The second-order valence-electron chi connectivity index (χ2n) is 8.87. The minimum Gasteiger partial charge on any atom is -0.347 e. The van der Waals surface area contributed by atoms with Crippen LogP contribution in [0.5, 0.6) is 0 Å². The van der Waals surface area contributed by atoms with Crippen molar-refractivity contribution < 1.29 is 22.6 Å². The zero-order valence-corrected chi connectivity index (χ0v) is 21.8. The molecule has 13 heteroatoms. The molecule has 0 saturated heterocycles. The van der Waals surface area contributed by atoms with Crippen LogP contribution in [0.1, 0.15) is 62.3 Å². The van der Waals surface area contributed by atoms with E-state index in [-0.39, 0.29) is 11.5 Å². The minimum absolute atomic E-state index is 0.144. The first-order valence-electron chi connectivity index (χ1n) is 12.4. The lowest BCUT2D eigenvalue weighted by Crippen LogP contribution is -2.32. The van der Waals surface area contributed by atoms with Crippen LogP contribution in [-0.2, 0) is 34.4 Å². The quantitative estimate of drug-likeness (QED) is 0.259. The first-order chi connectivity index (χ1) is 18.3. The van der Waals surface area contributed by atoms with E-state index < -0.39 is 17.5 Å². The van der Waals surface area contributed by atoms with E-state index in [0.717, 1.165) is 43.1 Å². The van der Waals surface area contributed by atoms with Gasteiger partial charge >= 0.3 is 6.18 Å². The van der Waals surface area contributed by atoms with Gasteiger partial charge in [0.15, 0.2) is 0 Å². The molecule has 204 valence electrons. The summed E-state index contributed by atoms with van der Waals surface area (Å²) in [6, 6.07) is 8.19. The standard InChI is InChI=1S/C25H31F3N8O2/c1-5-7-8-20-29-23(24(37-3,38-4)14-6-2)32-36(20)16-17-9-11-18(12-10-17)35-15-13-19(25(26,27)28)21(35)22-30-33-34-31-22/h9-13,15H,5-8,14,16H2,1-4H3,(H,30,31,33,34). The highest BCUT2D eigenvalue weighted by Crippen LogP contribution is 2.38. The Kier molecular flexibility index (Phi) is 8.26. The van der Waals surface area contributed by atoms with Crippen LogP contribution >= 0.6 is 0 Å². The number of hydrogen-bond acceptors (Lipinski definition) is 7. The number of aromatic nitrogens is 8. The third-order valence-corrected chi connectivity index (χ3v) is 6.38. The van der Waals surface area contributed by atoms with Crippen molar-refractivity contribution in [2.45, 2.75) is 64.5 Å². The monoisotopic (exact) mass is 532 g/mol. The molecule has 0 aliphatic carbocycles. The van der Waals surface area contributed by atoms with E-state index in [1.807, 2.05) is 23.7 Å². The molecule has 0 fully saturated rings. The van der Waals surface area contributed by atoms with Crippen molar-refractivity contribution in [3.8, 4) is 17.2 Å². The van der Waals surface area contributed by atoms with Crippen LogP contribution in [0.2, 0.25) is 0 Å². The van der Waals surface area contributed by atoms with Crippen molar-refractivity contribution in [2.24, 2.45) is 0 Å². The van der Waals surface area contributed by atoms with Crippen molar-refractivity contribution in [3.63, 3.8) is 0 Å². The molecule has 0 amide bonds. The molecule has 0 saturated carbocycles. The fraction of sp³-hybridized carbons (Fsp3) is 0.480. The summed E-state index contributed by atoms with van der Waals surface area (Å²) in [4.78, 5) is 4.78. The fourth-order valence-corrected chi connectivity index (χ4v) is 4.39. The van der Waals surface area contributed by atoms with Gasteiger partial charge in [-0.05, 0) is 35.4 Å². The Bertz CT molecular complexity index is 1310. The number of rotatable bonds is 12. The first-order valence-corrected chi connectivity index (χ1v) is 12.4. The molecule has 4 rings (SSSR count). The summed E-state index contributed by atoms with van der Waals surface area (Å²) in [5.41, 5.74) is 0.400. The number of hydrogen-bond donors (Lipinski definition) is 1. The van der Waals surface area contributed by atoms with Crippen LogP contribution < -0.4 is 0 Å². The number of halogens is 3. The fourth-order valence-electron chi connectivity index (χ4n) is 4.39. The summed E-state index contributed by atoms with van der Waals surface area (Å²) in [5.74, 6) is 0.124. The molecule has 38 heavy (non-hydrogen) atoms. The highest BCUT2D eigenvalue weighted by atomic mass is 19.4. The lowest BCUT2D eigenvalue weighted by Gasteiger charge is -2.27. The number of alkyl halides is 3. The second kappa shape index (κ2) is 11.4. The van der Waals surface area contributed by atoms with Gasteiger partial charge in [0.2, 0.25) is 17.4 Å². The number of unbranched alkanes of at least 4 members (excludes halogenated alkanes) is 1. The van der Waals surface area contributed by atoms with Gasteiger partial charge in [0.1, 0.15) is 11.5 Å². The van der Waals surface area contributed by atoms with Crippen molar-refractivity contribution in [1.29, 1.82) is 0 Å². The normalized spacial score (nSPS) is 12.4. The number of aromatic amines is 1. The Morgan fingerprint density at radius 1 is 1.00 bits per heavy atom. The molecule has 1 aromatic carbocycles. The predicted octanol–water partition coefficient (Wildman–Crippen LogP) is 4.90. The summed E-state index contributed by atoms with van der Waals surface area (Å²) >= 11 is 0. The van der Waals surface area contributed by atoms with E-state index in [1.165, 1.54) is 10.8 Å². The van der Waals surface area contributed by atoms with E-state index in [0.29, 0.717) is 24.5 Å². The van der Waals surface area contributed by atoms with Crippen molar-refractivity contribution in [1.82, 2.24) is 40.0 Å². The Hall–Kier alpha value is -3.58. The summed E-state index contributed by atoms with van der Waals surface area (Å²) in [7, 11) is 3.16. The molecule has 4 aromatic rings. The Labute approximate surface area is 218 Å². The van der Waals surface area contributed by atoms with Crippen molar-refractivity contribution >= 4 is 0 Å². The van der Waals surface area contributed by atoms with Gasteiger partial charge in [0.05, 0.1) is 12.1 Å². The number of ether oxygens (including phenoxy) is 2. The minimum atomic E-state index is -4.57. The van der Waals surface area contributed by atoms with E-state index in [1.54, 1.807) is 26.4 Å². The number of nitrogens with zero attached hydrogens (tertiary/aromatic N) is 7. The largest absolute Gasteiger partial charge is 0.418 e. The molecule has 0 aliphatic heterocycles. The third-order valence-electron chi connectivity index (χ3n) is 6.38. The molecule has 1 N–H and O–H groups in total. The number of tetrazole rings is 1. The topological polar surface area (TPSA) is 109 Å². The second-order valence-corrected chi connectivity index (χ2v) is 8.87. The highest BCUT2D eigenvalue weighted by Gasteiger charge is 2.38. The average molecular weight is 533 g/mol. The Morgan fingerprint density at radius 3 is 2.32 bits per heavy atom. The van der Waals surface area contributed by atoms with Gasteiger partial charge in [-0.1, -0.05) is 38.8 Å². The Morgan fingerprint density at radius 2 is 1.74 bits per heavy atom. The maximum absolute atomic E-state index is 13.7. The van der Waals surface area contributed by atoms with Crippen LogP contribution in [0.25, 0.3) is 17.2 Å². The summed E-state index contributed by atoms with van der Waals surface area (Å²) in [5, 5.41) is 17.9. The predicted molar refractivity (Wildman–Crippen MR) is 132 cm³/mol. The third kappa shape index (κ3) is 5.48. The van der Waals surface area contributed by atoms with Crippen LogP contribution in [-0.4, -0.2) is 54.2 Å². The van der Waals surface area contributed by atoms with Gasteiger partial charge in [-0.3, -0.25) is 0 Å². The summed E-state index contributed by atoms with van der Waals surface area (Å²) in [6.45, 7) is 4.58. The molecule has 3 heterocycles. The lowest BCUT2D eigenvalue weighted by molar-refractivity contribution is -0.225. The molecule has 0 bridgehead atoms. The Balaban J connectivity index is 1.66. The van der Waals surface area contributed by atoms with Crippen LogP contribution in [0.15, 0.2) is 36.5 Å². The molecule has 0 radical (unpaired) electrons. The average Bonchev–Trinajstić information content (AvgIpc) is 3.66. The van der Waals surface area contributed by atoms with Gasteiger partial charge in [0.25, 0.3) is 0 Å². The molecular formula is C25H31F3N8O2. The zero-order valence-electron chi connectivity index (χ0n) is 21.8. The molecule has 0 spiro atoms. The first kappa shape index (κ1) is 27.5. The molecule has 0 aliphatic rings. The van der Waals surface area contributed by atoms with Gasteiger partial charge in [-0.2, -0.15) is 18.4 Å². The maximum Gasteiger partial charge on any atom is 0.418 e. The van der Waals surface area contributed by atoms with Crippen molar-refractivity contribution in [3.05, 3.63) is 59.3 Å². The molecule has 10 nitrogen and oxygen atoms in total. The number of methoxy groups -OCH3 is 2. The molecule has 3 aromatic heterocycles. The van der Waals surface area contributed by atoms with Crippen molar-refractivity contribution in [2.75, 3.05) is 14.2 Å². The van der Waals surface area contributed by atoms with Crippen LogP contribution in [0.4, 0.5) is 13.2 Å². The summed E-state index contributed by atoms with van der Waals surface area (Å²) in [6.07, 6.45) is 0.900. The maximum atomic E-state index is 13.7. The smallest absolute Gasteiger partial charge is 0.347 e. The summed E-state index contributed by atoms with van der Waals surface area (Å²) < 4.78 is 55.6. The SMILES string of the molecule is CCCCc1nc(C(CCC)(OC)OC)nn1Cc1ccc(-n2ccc(C(F)(F)F)c2-c2nn[nH]n2)cc1. The van der Waals surface area contributed by atoms with Crippen LogP contribution in [0.3, 0.4) is 0 Å². The van der Waals surface area contributed by atoms with Gasteiger partial charge in [0, 0.05) is 38.9 Å². The van der Waals surface area contributed by atoms with E-state index in [2.05, 4.69) is 27.5 Å². The molecular weight excluding hydrogens is 501 g/mol. The van der Waals surface area contributed by atoms with Gasteiger partial charge < -0.3 is 14.0 Å². The van der Waals surface area contributed by atoms with E-state index >= 15 is 0 Å². The molecule has 0 atom stereocenters. The van der Waals surface area contributed by atoms with Gasteiger partial charge in [-0.25, -0.2) is 9.67 Å². The van der Waals surface area contributed by atoms with Crippen LogP contribution in [0, 0.1) is 0 Å². The lowest BCUT2D eigenvalue weighted by atomic mass is 10.1. The zero-order chi connectivity index (χ0) is 27.3. The van der Waals surface area contributed by atoms with E-state index in [4.69, 9.17) is 19.6 Å². The van der Waals surface area contributed by atoms with Gasteiger partial charge in [-0.15, -0.1) is 15.3 Å². The number of H-pyrrole nitrogens is 1. The molecule has 0 unspecified atom stereocenters.